The minimum atomic E-state index is -1.49. The second kappa shape index (κ2) is 4.22. The minimum Gasteiger partial charge on any atom is -0.423 e. The van der Waals surface area contributed by atoms with Crippen LogP contribution in [0.5, 0.6) is 0 Å². The number of hydrogen-bond acceptors (Lipinski definition) is 5. The van der Waals surface area contributed by atoms with Gasteiger partial charge in [0.05, 0.1) is 0 Å². The van der Waals surface area contributed by atoms with Gasteiger partial charge in [0, 0.05) is 11.5 Å². The molecule has 1 aromatic carbocycles. The van der Waals surface area contributed by atoms with Gasteiger partial charge >= 0.3 is 7.12 Å². The van der Waals surface area contributed by atoms with Crippen LogP contribution in [-0.2, 0) is 0 Å². The molecule has 1 aromatic heterocycles. The highest BCUT2D eigenvalue weighted by molar-refractivity contribution is 6.59. The van der Waals surface area contributed by atoms with Crippen molar-refractivity contribution in [2.45, 2.75) is 25.7 Å². The summed E-state index contributed by atoms with van der Waals surface area (Å²) in [6.07, 6.45) is 2.21. The summed E-state index contributed by atoms with van der Waals surface area (Å²) in [6.45, 7) is 1.82. The molecule has 2 N–H and O–H groups in total. The molecule has 0 bridgehead atoms. The standard InChI is InChI=1S/C12H13BN2O3/c1-7-2-3-9(6-10(7)13(16)17)12-15-14-11(18-12)8-4-5-8/h2-3,6,8,16-17H,4-5H2,1H3. The third-order valence-corrected chi connectivity index (χ3v) is 3.17. The Morgan fingerprint density at radius 2 is 2.06 bits per heavy atom. The maximum atomic E-state index is 9.27. The number of aromatic nitrogens is 2. The van der Waals surface area contributed by atoms with Crippen molar-refractivity contribution in [3.8, 4) is 11.5 Å². The number of rotatable bonds is 3. The zero-order chi connectivity index (χ0) is 12.7. The Bertz CT molecular complexity index is 578. The lowest BCUT2D eigenvalue weighted by molar-refractivity contribution is 0.425. The second-order valence-corrected chi connectivity index (χ2v) is 4.66. The van der Waals surface area contributed by atoms with E-state index in [1.54, 1.807) is 6.07 Å². The van der Waals surface area contributed by atoms with Crippen LogP contribution in [0.3, 0.4) is 0 Å². The fourth-order valence-electron chi connectivity index (χ4n) is 1.90. The third-order valence-electron chi connectivity index (χ3n) is 3.17. The second-order valence-electron chi connectivity index (χ2n) is 4.66. The van der Waals surface area contributed by atoms with Gasteiger partial charge in [-0.1, -0.05) is 11.6 Å². The summed E-state index contributed by atoms with van der Waals surface area (Å²) in [6, 6.07) is 5.32. The molecule has 0 spiro atoms. The Kier molecular flexibility index (Phi) is 2.68. The molecule has 0 saturated heterocycles. The van der Waals surface area contributed by atoms with Crippen molar-refractivity contribution in [2.24, 2.45) is 0 Å². The lowest BCUT2D eigenvalue weighted by Gasteiger charge is -2.05. The van der Waals surface area contributed by atoms with Crippen molar-refractivity contribution in [3.63, 3.8) is 0 Å². The van der Waals surface area contributed by atoms with Gasteiger partial charge in [-0.15, -0.1) is 10.2 Å². The van der Waals surface area contributed by atoms with Crippen molar-refractivity contribution in [2.75, 3.05) is 0 Å². The first-order chi connectivity index (χ1) is 8.65. The van der Waals surface area contributed by atoms with Gasteiger partial charge in [-0.25, -0.2) is 0 Å². The maximum absolute atomic E-state index is 9.27. The van der Waals surface area contributed by atoms with Crippen LogP contribution in [0.2, 0.25) is 0 Å². The first kappa shape index (κ1) is 11.4. The topological polar surface area (TPSA) is 79.4 Å². The minimum absolute atomic E-state index is 0.416. The normalized spacial score (nSPS) is 14.8. The van der Waals surface area contributed by atoms with Gasteiger partial charge in [0.15, 0.2) is 0 Å². The van der Waals surface area contributed by atoms with Crippen LogP contribution in [0.15, 0.2) is 22.6 Å². The van der Waals surface area contributed by atoms with Gasteiger partial charge in [0.1, 0.15) is 0 Å². The Balaban J connectivity index is 1.97. The average molecular weight is 244 g/mol. The molecule has 6 heteroatoms. The van der Waals surface area contributed by atoms with Crippen molar-refractivity contribution in [3.05, 3.63) is 29.7 Å². The highest BCUT2D eigenvalue weighted by Crippen LogP contribution is 2.39. The predicted molar refractivity (Wildman–Crippen MR) is 66.3 cm³/mol. The van der Waals surface area contributed by atoms with E-state index in [0.29, 0.717) is 28.7 Å². The first-order valence-corrected chi connectivity index (χ1v) is 5.95. The molecule has 0 radical (unpaired) electrons. The molecular formula is C12H13BN2O3. The number of benzene rings is 1. The molecule has 2 aromatic rings. The van der Waals surface area contributed by atoms with E-state index < -0.39 is 7.12 Å². The van der Waals surface area contributed by atoms with Crippen LogP contribution < -0.4 is 5.46 Å². The highest BCUT2D eigenvalue weighted by Gasteiger charge is 2.29. The average Bonchev–Trinajstić information content (AvgIpc) is 3.08. The quantitative estimate of drug-likeness (QED) is 0.773. The molecule has 1 saturated carbocycles. The zero-order valence-electron chi connectivity index (χ0n) is 10.00. The molecule has 0 unspecified atom stereocenters. The maximum Gasteiger partial charge on any atom is 0.488 e. The van der Waals surface area contributed by atoms with Crippen LogP contribution >= 0.6 is 0 Å². The van der Waals surface area contributed by atoms with E-state index in [1.165, 1.54) is 0 Å². The van der Waals surface area contributed by atoms with Crippen molar-refractivity contribution in [1.29, 1.82) is 0 Å². The van der Waals surface area contributed by atoms with E-state index in [1.807, 2.05) is 19.1 Å². The van der Waals surface area contributed by atoms with Gasteiger partial charge in [-0.3, -0.25) is 0 Å². The summed E-state index contributed by atoms with van der Waals surface area (Å²) in [5.41, 5.74) is 1.98. The molecule has 0 amide bonds. The molecule has 1 heterocycles. The van der Waals surface area contributed by atoms with E-state index in [0.717, 1.165) is 18.4 Å². The van der Waals surface area contributed by atoms with Gasteiger partial charge in [0.2, 0.25) is 11.8 Å². The Morgan fingerprint density at radius 3 is 2.72 bits per heavy atom. The molecule has 5 nitrogen and oxygen atoms in total. The molecular weight excluding hydrogens is 231 g/mol. The van der Waals surface area contributed by atoms with Crippen molar-refractivity contribution < 1.29 is 14.5 Å². The monoisotopic (exact) mass is 244 g/mol. The lowest BCUT2D eigenvalue weighted by atomic mass is 9.76. The van der Waals surface area contributed by atoms with Crippen LogP contribution in [0.4, 0.5) is 0 Å². The van der Waals surface area contributed by atoms with E-state index in [2.05, 4.69) is 10.2 Å². The van der Waals surface area contributed by atoms with Crippen molar-refractivity contribution >= 4 is 12.6 Å². The van der Waals surface area contributed by atoms with E-state index in [4.69, 9.17) is 4.42 Å². The molecule has 1 aliphatic rings. The fourth-order valence-corrected chi connectivity index (χ4v) is 1.90. The van der Waals surface area contributed by atoms with Gasteiger partial charge < -0.3 is 14.5 Å². The van der Waals surface area contributed by atoms with Crippen molar-refractivity contribution in [1.82, 2.24) is 10.2 Å². The molecule has 92 valence electrons. The highest BCUT2D eigenvalue weighted by atomic mass is 16.4. The van der Waals surface area contributed by atoms with Crippen LogP contribution in [0.25, 0.3) is 11.5 Å². The molecule has 1 fully saturated rings. The summed E-state index contributed by atoms with van der Waals surface area (Å²) in [5.74, 6) is 1.52. The van der Waals surface area contributed by atoms with Crippen LogP contribution in [0, 0.1) is 6.92 Å². The molecule has 1 aliphatic carbocycles. The molecule has 0 atom stereocenters. The predicted octanol–water partition coefficient (Wildman–Crippen LogP) is 0.602. The van der Waals surface area contributed by atoms with E-state index in [-0.39, 0.29) is 0 Å². The Morgan fingerprint density at radius 1 is 1.28 bits per heavy atom. The molecule has 18 heavy (non-hydrogen) atoms. The van der Waals surface area contributed by atoms with Gasteiger partial charge in [0.25, 0.3) is 0 Å². The number of nitrogens with zero attached hydrogens (tertiary/aromatic N) is 2. The van der Waals surface area contributed by atoms with Crippen LogP contribution in [0.1, 0.15) is 30.2 Å². The Labute approximate surface area is 105 Å². The fraction of sp³-hybridized carbons (Fsp3) is 0.333. The SMILES string of the molecule is Cc1ccc(-c2nnc(C3CC3)o2)cc1B(O)O. The summed E-state index contributed by atoms with van der Waals surface area (Å²) in [4.78, 5) is 0. The Hall–Kier alpha value is -1.66. The summed E-state index contributed by atoms with van der Waals surface area (Å²) in [7, 11) is -1.49. The van der Waals surface area contributed by atoms with E-state index >= 15 is 0 Å². The molecule has 0 aliphatic heterocycles. The third kappa shape index (κ3) is 2.04. The number of hydrogen-bond donors (Lipinski definition) is 2. The van der Waals surface area contributed by atoms with Gasteiger partial charge in [-0.05, 0) is 37.4 Å². The van der Waals surface area contributed by atoms with Gasteiger partial charge in [-0.2, -0.15) is 0 Å². The smallest absolute Gasteiger partial charge is 0.423 e. The molecule has 3 rings (SSSR count). The zero-order valence-corrected chi connectivity index (χ0v) is 10.00. The first-order valence-electron chi connectivity index (χ1n) is 5.95. The largest absolute Gasteiger partial charge is 0.488 e. The van der Waals surface area contributed by atoms with E-state index in [9.17, 15) is 10.0 Å². The number of aryl methyl sites for hydroxylation is 1. The van der Waals surface area contributed by atoms with Crippen LogP contribution in [-0.4, -0.2) is 27.4 Å². The summed E-state index contributed by atoms with van der Waals surface area (Å²) in [5, 5.41) is 26.5. The lowest BCUT2D eigenvalue weighted by Crippen LogP contribution is -2.32. The summed E-state index contributed by atoms with van der Waals surface area (Å²) < 4.78 is 5.58. The summed E-state index contributed by atoms with van der Waals surface area (Å²) >= 11 is 0.